The zero-order chi connectivity index (χ0) is 9.14. The fraction of sp³-hybridized carbons (Fsp3) is 0.125. The number of phenols is 1. The van der Waals surface area contributed by atoms with Crippen LogP contribution in [-0.4, -0.2) is 11.4 Å². The summed E-state index contributed by atoms with van der Waals surface area (Å²) in [5.41, 5.74) is 0.667. The van der Waals surface area contributed by atoms with Gasteiger partial charge in [-0.15, -0.1) is 0 Å². The summed E-state index contributed by atoms with van der Waals surface area (Å²) in [6, 6.07) is 3.15. The van der Waals surface area contributed by atoms with Gasteiger partial charge in [0, 0.05) is 11.4 Å². The Bertz CT molecular complexity index is 312. The molecular weight excluding hydrogens is 208 g/mol. The van der Waals surface area contributed by atoms with E-state index >= 15 is 0 Å². The van der Waals surface area contributed by atoms with Gasteiger partial charge in [-0.25, -0.2) is 0 Å². The highest BCUT2D eigenvalue weighted by Gasteiger charge is 2.05. The smallest absolute Gasteiger partial charge is 0.153 e. The van der Waals surface area contributed by atoms with Crippen LogP contribution in [0.25, 0.3) is 0 Å². The molecule has 0 spiro atoms. The third-order valence-corrected chi connectivity index (χ3v) is 2.13. The van der Waals surface area contributed by atoms with Gasteiger partial charge in [-0.3, -0.25) is 4.79 Å². The lowest BCUT2D eigenvalue weighted by Crippen LogP contribution is -1.85. The van der Waals surface area contributed by atoms with Gasteiger partial charge in [0.15, 0.2) is 6.29 Å². The highest BCUT2D eigenvalue weighted by molar-refractivity contribution is 9.10. The minimum absolute atomic E-state index is 0.0475. The zero-order valence-corrected chi connectivity index (χ0v) is 7.26. The van der Waals surface area contributed by atoms with Crippen LogP contribution in [0.1, 0.15) is 17.3 Å². The molecule has 0 bridgehead atoms. The topological polar surface area (TPSA) is 37.3 Å². The van der Waals surface area contributed by atoms with Gasteiger partial charge >= 0.3 is 0 Å². The fourth-order valence-electron chi connectivity index (χ4n) is 0.725. The van der Waals surface area contributed by atoms with E-state index in [0.29, 0.717) is 16.3 Å². The number of hydrogen-bond acceptors (Lipinski definition) is 2. The van der Waals surface area contributed by atoms with E-state index < -0.39 is 0 Å². The van der Waals surface area contributed by atoms with Crippen molar-refractivity contribution in [2.24, 2.45) is 0 Å². The number of hydrogen-bond donors (Lipinski definition) is 1. The molecule has 0 aromatic heterocycles. The van der Waals surface area contributed by atoms with Crippen LogP contribution in [0.2, 0.25) is 0 Å². The number of aromatic hydroxyl groups is 1. The number of carbonyl (C=O) groups excluding carboxylic acids is 1. The van der Waals surface area contributed by atoms with Gasteiger partial charge in [0.25, 0.3) is 0 Å². The summed E-state index contributed by atoms with van der Waals surface area (Å²) in [5, 5.41) is 9.39. The summed E-state index contributed by atoms with van der Waals surface area (Å²) in [6.07, 6.45) is 0.570. The van der Waals surface area contributed by atoms with E-state index in [1.54, 1.807) is 6.07 Å². The van der Waals surface area contributed by atoms with Crippen molar-refractivity contribution in [3.63, 3.8) is 0 Å². The van der Waals surface area contributed by atoms with Crippen molar-refractivity contribution in [3.8, 4) is 5.75 Å². The predicted octanol–water partition coefficient (Wildman–Crippen LogP) is 2.28. The Hall–Kier alpha value is -0.830. The molecule has 0 amide bonds. The van der Waals surface area contributed by atoms with Crippen molar-refractivity contribution >= 4 is 22.2 Å². The molecule has 3 heteroatoms. The number of rotatable bonds is 1. The Morgan fingerprint density at radius 3 is 3.00 bits per heavy atom. The molecule has 0 aliphatic carbocycles. The molecule has 0 saturated heterocycles. The Balaban J connectivity index is 3.33. The molecule has 0 aliphatic heterocycles. The molecule has 1 rings (SSSR count). The molecule has 0 saturated carbocycles. The van der Waals surface area contributed by atoms with Crippen molar-refractivity contribution in [2.45, 2.75) is 6.90 Å². The van der Waals surface area contributed by atoms with Gasteiger partial charge in [-0.1, -0.05) is 15.9 Å². The van der Waals surface area contributed by atoms with Gasteiger partial charge in [0.2, 0.25) is 0 Å². The monoisotopic (exact) mass is 215 g/mol. The average molecular weight is 216 g/mol. The second-order valence-electron chi connectivity index (χ2n) is 2.08. The van der Waals surface area contributed by atoms with Crippen LogP contribution < -0.4 is 0 Å². The van der Waals surface area contributed by atoms with E-state index in [2.05, 4.69) is 15.9 Å². The third-order valence-electron chi connectivity index (χ3n) is 1.38. The molecule has 2 nitrogen and oxygen atoms in total. The summed E-state index contributed by atoms with van der Waals surface area (Å²) in [7, 11) is 0. The van der Waals surface area contributed by atoms with Gasteiger partial charge in [0.05, 0.1) is 5.56 Å². The van der Waals surface area contributed by atoms with Crippen LogP contribution in [0.5, 0.6) is 5.75 Å². The summed E-state index contributed by atoms with van der Waals surface area (Å²) in [5.74, 6) is -0.102. The van der Waals surface area contributed by atoms with Crippen LogP contribution in [0.3, 0.4) is 0 Å². The minimum Gasteiger partial charge on any atom is -0.507 e. The van der Waals surface area contributed by atoms with Crippen LogP contribution in [0.15, 0.2) is 16.6 Å². The Morgan fingerprint density at radius 2 is 2.45 bits per heavy atom. The van der Waals surface area contributed by atoms with Crippen molar-refractivity contribution in [2.75, 3.05) is 0 Å². The quantitative estimate of drug-likeness (QED) is 0.731. The first-order valence-corrected chi connectivity index (χ1v) is 3.74. The molecule has 0 aliphatic rings. The molecule has 11 heavy (non-hydrogen) atoms. The van der Waals surface area contributed by atoms with Crippen molar-refractivity contribution in [3.05, 3.63) is 27.7 Å². The van der Waals surface area contributed by atoms with Crippen LogP contribution in [0.4, 0.5) is 0 Å². The summed E-state index contributed by atoms with van der Waals surface area (Å²) in [6.45, 7) is -0.0475. The van der Waals surface area contributed by atoms with Crippen LogP contribution >= 0.6 is 15.9 Å². The number of aldehydes is 1. The van der Waals surface area contributed by atoms with E-state index in [-0.39, 0.29) is 18.2 Å². The van der Waals surface area contributed by atoms with Crippen molar-refractivity contribution in [1.82, 2.24) is 0 Å². The summed E-state index contributed by atoms with van der Waals surface area (Å²) >= 11 is 3.17. The van der Waals surface area contributed by atoms with E-state index in [4.69, 9.17) is 1.37 Å². The maximum atomic E-state index is 10.4. The summed E-state index contributed by atoms with van der Waals surface area (Å²) < 4.78 is 7.74. The third kappa shape index (κ3) is 1.43. The Morgan fingerprint density at radius 1 is 1.73 bits per heavy atom. The maximum absolute atomic E-state index is 10.4. The second-order valence-corrected chi connectivity index (χ2v) is 2.94. The average Bonchev–Trinajstić information content (AvgIpc) is 2.06. The number of benzene rings is 1. The first-order valence-electron chi connectivity index (χ1n) is 3.66. The van der Waals surface area contributed by atoms with Crippen LogP contribution in [-0.2, 0) is 0 Å². The standard InChI is InChI=1S/C8H7BrO2/c1-5-7(9)3-2-6(4-10)8(5)11/h2-4,11H,1H3/i1D. The maximum Gasteiger partial charge on any atom is 0.153 e. The lowest BCUT2D eigenvalue weighted by Gasteiger charge is -2.02. The minimum atomic E-state index is -0.102. The molecule has 0 fully saturated rings. The molecule has 0 unspecified atom stereocenters. The fourth-order valence-corrected chi connectivity index (χ4v) is 1.04. The molecule has 1 N–H and O–H groups in total. The molecule has 0 heterocycles. The Kier molecular flexibility index (Phi) is 1.90. The lowest BCUT2D eigenvalue weighted by atomic mass is 10.1. The lowest BCUT2D eigenvalue weighted by molar-refractivity contribution is 0.112. The highest BCUT2D eigenvalue weighted by Crippen LogP contribution is 2.27. The molecule has 1 aromatic carbocycles. The molecular formula is C8H7BrO2. The van der Waals surface area contributed by atoms with Gasteiger partial charge < -0.3 is 5.11 Å². The second kappa shape index (κ2) is 3.05. The van der Waals surface area contributed by atoms with Crippen molar-refractivity contribution in [1.29, 1.82) is 0 Å². The van der Waals surface area contributed by atoms with E-state index in [1.807, 2.05) is 0 Å². The number of phenolic OH excluding ortho intramolecular Hbond substituents is 1. The predicted molar refractivity (Wildman–Crippen MR) is 45.9 cm³/mol. The van der Waals surface area contributed by atoms with Gasteiger partial charge in [0.1, 0.15) is 5.75 Å². The van der Waals surface area contributed by atoms with Crippen molar-refractivity contribution < 1.29 is 11.3 Å². The van der Waals surface area contributed by atoms with Gasteiger partial charge in [-0.2, -0.15) is 0 Å². The zero-order valence-electron chi connectivity index (χ0n) is 6.67. The van der Waals surface area contributed by atoms with E-state index in [0.717, 1.165) is 0 Å². The molecule has 58 valence electrons. The van der Waals surface area contributed by atoms with E-state index in [1.165, 1.54) is 6.07 Å². The first-order chi connectivity index (χ1) is 5.70. The normalized spacial score (nSPS) is 10.8. The number of carbonyl (C=O) groups is 1. The molecule has 0 atom stereocenters. The molecule has 1 aromatic rings. The first kappa shape index (κ1) is 6.85. The Labute approximate surface area is 74.4 Å². The van der Waals surface area contributed by atoms with Crippen LogP contribution in [0, 0.1) is 6.90 Å². The van der Waals surface area contributed by atoms with E-state index in [9.17, 15) is 9.90 Å². The number of halogens is 1. The molecule has 0 radical (unpaired) electrons. The summed E-state index contributed by atoms with van der Waals surface area (Å²) in [4.78, 5) is 10.4. The van der Waals surface area contributed by atoms with Gasteiger partial charge in [-0.05, 0) is 19.0 Å². The SMILES string of the molecule is [2H]Cc1c(Br)ccc(C=O)c1O. The largest absolute Gasteiger partial charge is 0.507 e. The highest BCUT2D eigenvalue weighted by atomic mass is 79.9.